The molecule has 0 aromatic rings. The fourth-order valence-electron chi connectivity index (χ4n) is 0.348. The topological polar surface area (TPSA) is 0 Å². The van der Waals surface area contributed by atoms with Gasteiger partial charge in [-0.3, -0.25) is 0 Å². The van der Waals surface area contributed by atoms with Crippen molar-refractivity contribution >= 4 is 0 Å². The minimum absolute atomic E-state index is 0.343. The lowest BCUT2D eigenvalue weighted by Gasteiger charge is -1.92. The maximum atomic E-state index is 3.82. The molecule has 0 aromatic heterocycles. The molecule has 0 rings (SSSR count). The molecule has 0 aliphatic heterocycles. The van der Waals surface area contributed by atoms with Gasteiger partial charge in [0.25, 0.3) is 0 Å². The molecule has 1 atom stereocenters. The van der Waals surface area contributed by atoms with Crippen LogP contribution in [0.15, 0.2) is 0 Å². The van der Waals surface area contributed by atoms with Crippen LogP contribution < -0.4 is 0 Å². The van der Waals surface area contributed by atoms with E-state index in [9.17, 15) is 0 Å². The molecule has 0 bridgehead atoms. The van der Waals surface area contributed by atoms with Gasteiger partial charge < -0.3 is 0 Å². The predicted molar refractivity (Wildman–Crippen MR) is 37.2 cm³/mol. The van der Waals surface area contributed by atoms with Gasteiger partial charge in [0.2, 0.25) is 0 Å². The first-order valence-electron chi connectivity index (χ1n) is 3.12. The van der Waals surface area contributed by atoms with Gasteiger partial charge in [-0.1, -0.05) is 19.8 Å². The van der Waals surface area contributed by atoms with Crippen molar-refractivity contribution in [1.82, 2.24) is 0 Å². The lowest BCUT2D eigenvalue weighted by atomic mass is 10.1. The lowest BCUT2D eigenvalue weighted by Crippen LogP contribution is -1.84. The van der Waals surface area contributed by atoms with E-state index in [1.165, 1.54) is 0 Å². The van der Waals surface area contributed by atoms with Crippen molar-refractivity contribution in [1.29, 1.82) is 0 Å². The molecule has 0 fully saturated rings. The highest BCUT2D eigenvalue weighted by Crippen LogP contribution is 1.95. The summed E-state index contributed by atoms with van der Waals surface area (Å²) in [5.74, 6) is 6.35. The van der Waals surface area contributed by atoms with Gasteiger partial charge in [0.15, 0.2) is 0 Å². The van der Waals surface area contributed by atoms with Crippen LogP contribution in [0.2, 0.25) is 0 Å². The molecule has 45 valence electrons. The molecule has 0 aliphatic rings. The van der Waals surface area contributed by atoms with Crippen LogP contribution in [0, 0.1) is 24.7 Å². The summed E-state index contributed by atoms with van der Waals surface area (Å²) in [6.07, 6.45) is 2.01. The molecule has 0 heterocycles. The van der Waals surface area contributed by atoms with Gasteiger partial charge in [0, 0.05) is 12.3 Å². The highest BCUT2D eigenvalue weighted by Gasteiger charge is 1.86. The maximum absolute atomic E-state index is 3.82. The molecule has 8 heavy (non-hydrogen) atoms. The van der Waals surface area contributed by atoms with Crippen molar-refractivity contribution in [2.45, 2.75) is 26.7 Å². The molecular formula is C8H13. The van der Waals surface area contributed by atoms with Crippen LogP contribution in [0.25, 0.3) is 0 Å². The molecule has 1 radical (unpaired) electrons. The number of hydrogen-bond donors (Lipinski definition) is 0. The van der Waals surface area contributed by atoms with E-state index in [0.717, 1.165) is 12.8 Å². The third kappa shape index (κ3) is 3.74. The van der Waals surface area contributed by atoms with Gasteiger partial charge >= 0.3 is 0 Å². The van der Waals surface area contributed by atoms with Crippen LogP contribution in [-0.4, -0.2) is 0 Å². The van der Waals surface area contributed by atoms with Gasteiger partial charge in [-0.25, -0.2) is 0 Å². The summed E-state index contributed by atoms with van der Waals surface area (Å²) in [5, 5.41) is 0. The minimum Gasteiger partial charge on any atom is -0.103 e. The second-order valence-corrected chi connectivity index (χ2v) is 1.78. The summed E-state index contributed by atoms with van der Waals surface area (Å²) in [6, 6.07) is 0. The first kappa shape index (κ1) is 7.56. The Morgan fingerprint density at radius 3 is 2.50 bits per heavy atom. The zero-order chi connectivity index (χ0) is 6.41. The van der Waals surface area contributed by atoms with E-state index in [-0.39, 0.29) is 0 Å². The highest BCUT2D eigenvalue weighted by molar-refractivity contribution is 5.03. The Labute approximate surface area is 52.3 Å². The van der Waals surface area contributed by atoms with E-state index >= 15 is 0 Å². The van der Waals surface area contributed by atoms with Crippen LogP contribution >= 0.6 is 0 Å². The lowest BCUT2D eigenvalue weighted by molar-refractivity contribution is 0.795. The van der Waals surface area contributed by atoms with E-state index in [0.29, 0.717) is 5.92 Å². The minimum atomic E-state index is 0.343. The third-order valence-electron chi connectivity index (χ3n) is 0.976. The fraction of sp³-hybridized carbons (Fsp3) is 0.625. The summed E-state index contributed by atoms with van der Waals surface area (Å²) in [5.41, 5.74) is 0. The molecular weight excluding hydrogens is 96.1 g/mol. The summed E-state index contributed by atoms with van der Waals surface area (Å²) >= 11 is 0. The summed E-state index contributed by atoms with van der Waals surface area (Å²) in [7, 11) is 0. The van der Waals surface area contributed by atoms with Crippen LogP contribution in [-0.2, 0) is 0 Å². The van der Waals surface area contributed by atoms with Crippen molar-refractivity contribution in [2.24, 2.45) is 5.92 Å². The largest absolute Gasteiger partial charge is 0.103 e. The molecule has 0 saturated heterocycles. The van der Waals surface area contributed by atoms with Crippen molar-refractivity contribution in [2.75, 3.05) is 0 Å². The molecule has 0 nitrogen and oxygen atoms in total. The number of rotatable bonds is 1. The molecule has 0 aromatic carbocycles. The Bertz CT molecular complexity index is 92.3. The monoisotopic (exact) mass is 109 g/mol. The average Bonchev–Trinajstić information content (AvgIpc) is 1.83. The molecule has 0 saturated carbocycles. The summed E-state index contributed by atoms with van der Waals surface area (Å²) in [4.78, 5) is 0. The first-order valence-corrected chi connectivity index (χ1v) is 3.12. The fourth-order valence-corrected chi connectivity index (χ4v) is 0.348. The molecule has 0 N–H and O–H groups in total. The number of hydrogen-bond acceptors (Lipinski definition) is 0. The molecule has 0 amide bonds. The Morgan fingerprint density at radius 1 is 1.50 bits per heavy atom. The quantitative estimate of drug-likeness (QED) is 0.453. The normalized spacial score (nSPS) is 11.9. The van der Waals surface area contributed by atoms with Gasteiger partial charge in [-0.05, 0) is 13.3 Å². The van der Waals surface area contributed by atoms with Crippen LogP contribution in [0.3, 0.4) is 0 Å². The Balaban J connectivity index is 3.35. The molecule has 0 spiro atoms. The van der Waals surface area contributed by atoms with Gasteiger partial charge in [0.05, 0.1) is 0 Å². The van der Waals surface area contributed by atoms with Gasteiger partial charge in [-0.15, -0.1) is 5.92 Å². The highest BCUT2D eigenvalue weighted by atomic mass is 13.9. The van der Waals surface area contributed by atoms with E-state index in [4.69, 9.17) is 0 Å². The first-order chi connectivity index (χ1) is 3.81. The van der Waals surface area contributed by atoms with E-state index in [1.807, 2.05) is 0 Å². The van der Waals surface area contributed by atoms with Crippen molar-refractivity contribution in [3.63, 3.8) is 0 Å². The molecule has 0 aliphatic carbocycles. The summed E-state index contributed by atoms with van der Waals surface area (Å²) in [6.45, 7) is 7.97. The van der Waals surface area contributed by atoms with Crippen LogP contribution in [0.4, 0.5) is 0 Å². The molecule has 1 unspecified atom stereocenters. The van der Waals surface area contributed by atoms with Crippen molar-refractivity contribution in [3.8, 4) is 11.8 Å². The van der Waals surface area contributed by atoms with E-state index in [2.05, 4.69) is 32.6 Å². The smallest absolute Gasteiger partial charge is 0.0200 e. The average molecular weight is 109 g/mol. The zero-order valence-electron chi connectivity index (χ0n) is 5.70. The second kappa shape index (κ2) is 4.71. The standard InChI is InChI=1S/C8H13/c1-4-6-7-8(3)5-2/h8H,3-5H2,1-2H3. The maximum Gasteiger partial charge on any atom is 0.0200 e. The van der Waals surface area contributed by atoms with Gasteiger partial charge in [-0.2, -0.15) is 0 Å². The van der Waals surface area contributed by atoms with E-state index < -0.39 is 0 Å². The Kier molecular flexibility index (Phi) is 4.45. The SMILES string of the molecule is [CH2]C(C#CCC)CC. The van der Waals surface area contributed by atoms with Crippen molar-refractivity contribution in [3.05, 3.63) is 6.92 Å². The Hall–Kier alpha value is -0.440. The predicted octanol–water partition coefficient (Wildman–Crippen LogP) is 2.26. The second-order valence-electron chi connectivity index (χ2n) is 1.78. The van der Waals surface area contributed by atoms with Crippen LogP contribution in [0.5, 0.6) is 0 Å². The summed E-state index contributed by atoms with van der Waals surface area (Å²) < 4.78 is 0. The van der Waals surface area contributed by atoms with E-state index in [1.54, 1.807) is 0 Å². The van der Waals surface area contributed by atoms with Crippen LogP contribution in [0.1, 0.15) is 26.7 Å². The zero-order valence-corrected chi connectivity index (χ0v) is 5.70. The van der Waals surface area contributed by atoms with Crippen molar-refractivity contribution < 1.29 is 0 Å². The Morgan fingerprint density at radius 2 is 2.12 bits per heavy atom. The third-order valence-corrected chi connectivity index (χ3v) is 0.976. The van der Waals surface area contributed by atoms with Gasteiger partial charge in [0.1, 0.15) is 0 Å². The molecule has 0 heteroatoms.